The number of sulfonamides is 1. The summed E-state index contributed by atoms with van der Waals surface area (Å²) in [5, 5.41) is 0. The number of hydrogen-bond donors (Lipinski definition) is 0. The molecule has 3 rings (SSSR count). The van der Waals surface area contributed by atoms with Crippen LogP contribution in [0.5, 0.6) is 5.75 Å². The van der Waals surface area contributed by atoms with E-state index in [1.807, 2.05) is 43.3 Å². The maximum atomic E-state index is 12.8. The molecule has 1 unspecified atom stereocenters. The Hall–Kier alpha value is -2.11. The van der Waals surface area contributed by atoms with Crippen LogP contribution < -0.4 is 4.74 Å². The van der Waals surface area contributed by atoms with Gasteiger partial charge in [0.25, 0.3) is 0 Å². The zero-order valence-electron chi connectivity index (χ0n) is 13.8. The van der Waals surface area contributed by atoms with Crippen LogP contribution in [0.3, 0.4) is 0 Å². The second kappa shape index (κ2) is 6.42. The largest absolute Gasteiger partial charge is 0.497 e. The Morgan fingerprint density at radius 2 is 1.75 bits per heavy atom. The summed E-state index contributed by atoms with van der Waals surface area (Å²) in [7, 11) is -1.86. The Bertz CT molecular complexity index is 826. The zero-order valence-corrected chi connectivity index (χ0v) is 14.7. The standard InChI is InChI=1S/C19H21NO3S/c1-4-18-19(13-15-7-9-16(23-3)10-8-15)20(18)24(21,22)17-11-5-14(2)6-12-17/h4-12,18-19H,1,13H2,2-3H3/t18-,19+,20?/m0/s1. The summed E-state index contributed by atoms with van der Waals surface area (Å²) in [6.07, 6.45) is 2.37. The highest BCUT2D eigenvalue weighted by Gasteiger charge is 2.53. The SMILES string of the molecule is C=C[C@H]1[C@@H](Cc2ccc(OC)cc2)N1S(=O)(=O)c1ccc(C)cc1. The second-order valence-corrected chi connectivity index (χ2v) is 7.84. The van der Waals surface area contributed by atoms with Crippen molar-refractivity contribution < 1.29 is 13.2 Å². The van der Waals surface area contributed by atoms with Crippen LogP contribution in [0.1, 0.15) is 11.1 Å². The summed E-state index contributed by atoms with van der Waals surface area (Å²) in [5.41, 5.74) is 2.11. The van der Waals surface area contributed by atoms with Gasteiger partial charge in [0.05, 0.1) is 24.1 Å². The van der Waals surface area contributed by atoms with E-state index >= 15 is 0 Å². The third-order valence-corrected chi connectivity index (χ3v) is 6.30. The number of benzene rings is 2. The molecule has 0 saturated carbocycles. The first-order valence-electron chi connectivity index (χ1n) is 7.83. The molecule has 1 aliphatic rings. The van der Waals surface area contributed by atoms with Crippen LogP contribution in [0.15, 0.2) is 66.1 Å². The highest BCUT2D eigenvalue weighted by Crippen LogP contribution is 2.38. The van der Waals surface area contributed by atoms with Gasteiger partial charge in [-0.25, -0.2) is 8.42 Å². The van der Waals surface area contributed by atoms with Crippen molar-refractivity contribution in [1.82, 2.24) is 4.31 Å². The van der Waals surface area contributed by atoms with Crippen molar-refractivity contribution in [2.24, 2.45) is 0 Å². The zero-order chi connectivity index (χ0) is 17.3. The molecule has 1 heterocycles. The first-order valence-corrected chi connectivity index (χ1v) is 9.27. The van der Waals surface area contributed by atoms with Crippen LogP contribution in [-0.2, 0) is 16.4 Å². The van der Waals surface area contributed by atoms with Gasteiger partial charge in [-0.3, -0.25) is 0 Å². The van der Waals surface area contributed by atoms with E-state index in [1.165, 1.54) is 4.31 Å². The number of nitrogens with zero attached hydrogens (tertiary/aromatic N) is 1. The molecule has 2 aromatic rings. The molecule has 126 valence electrons. The molecule has 1 saturated heterocycles. The van der Waals surface area contributed by atoms with Crippen molar-refractivity contribution in [2.75, 3.05) is 7.11 Å². The van der Waals surface area contributed by atoms with Crippen molar-refractivity contribution >= 4 is 10.0 Å². The molecular formula is C19H21NO3S. The Kier molecular flexibility index (Phi) is 4.47. The molecule has 3 atom stereocenters. The lowest BCUT2D eigenvalue weighted by molar-refractivity contribution is 0.414. The van der Waals surface area contributed by atoms with Gasteiger partial charge >= 0.3 is 0 Å². The van der Waals surface area contributed by atoms with Crippen molar-refractivity contribution in [3.63, 3.8) is 0 Å². The van der Waals surface area contributed by atoms with Crippen molar-refractivity contribution in [3.05, 3.63) is 72.3 Å². The number of rotatable bonds is 6. The van der Waals surface area contributed by atoms with Gasteiger partial charge in [0.2, 0.25) is 10.0 Å². The van der Waals surface area contributed by atoms with Gasteiger partial charge in [-0.05, 0) is 43.2 Å². The predicted octanol–water partition coefficient (Wildman–Crippen LogP) is 3.17. The van der Waals surface area contributed by atoms with Crippen LogP contribution in [0.4, 0.5) is 0 Å². The number of hydrogen-bond acceptors (Lipinski definition) is 3. The third-order valence-electron chi connectivity index (χ3n) is 4.37. The lowest BCUT2D eigenvalue weighted by Gasteiger charge is -2.07. The van der Waals surface area contributed by atoms with E-state index in [-0.39, 0.29) is 12.1 Å². The monoisotopic (exact) mass is 343 g/mol. The Balaban J connectivity index is 1.80. The van der Waals surface area contributed by atoms with E-state index < -0.39 is 10.0 Å². The third kappa shape index (κ3) is 3.09. The molecule has 2 aromatic carbocycles. The summed E-state index contributed by atoms with van der Waals surface area (Å²) >= 11 is 0. The molecule has 0 aliphatic carbocycles. The van der Waals surface area contributed by atoms with Crippen LogP contribution >= 0.6 is 0 Å². The van der Waals surface area contributed by atoms with Gasteiger partial charge in [0.15, 0.2) is 0 Å². The predicted molar refractivity (Wildman–Crippen MR) is 94.7 cm³/mol. The lowest BCUT2D eigenvalue weighted by Crippen LogP contribution is -2.16. The highest BCUT2D eigenvalue weighted by atomic mass is 32.2. The van der Waals surface area contributed by atoms with Crippen molar-refractivity contribution in [3.8, 4) is 5.75 Å². The molecule has 0 bridgehead atoms. The van der Waals surface area contributed by atoms with E-state index in [9.17, 15) is 8.42 Å². The molecule has 5 heteroatoms. The molecule has 24 heavy (non-hydrogen) atoms. The number of aryl methyl sites for hydroxylation is 1. The van der Waals surface area contributed by atoms with Gasteiger partial charge in [-0.2, -0.15) is 4.31 Å². The fourth-order valence-electron chi connectivity index (χ4n) is 2.92. The first-order chi connectivity index (χ1) is 11.5. The normalized spacial score (nSPS) is 22.8. The fraction of sp³-hybridized carbons (Fsp3) is 0.263. The molecule has 0 spiro atoms. The maximum absolute atomic E-state index is 12.8. The molecule has 0 N–H and O–H groups in total. The van der Waals surface area contributed by atoms with Gasteiger partial charge in [0, 0.05) is 0 Å². The minimum absolute atomic E-state index is 0.0813. The fourth-order valence-corrected chi connectivity index (χ4v) is 4.69. The summed E-state index contributed by atoms with van der Waals surface area (Å²) in [6, 6.07) is 14.4. The second-order valence-electron chi connectivity index (χ2n) is 5.99. The molecule has 0 aromatic heterocycles. The van der Waals surface area contributed by atoms with E-state index in [0.717, 1.165) is 16.9 Å². The average molecular weight is 343 g/mol. The number of methoxy groups -OCH3 is 1. The van der Waals surface area contributed by atoms with E-state index in [2.05, 4.69) is 6.58 Å². The Morgan fingerprint density at radius 1 is 1.12 bits per heavy atom. The minimum Gasteiger partial charge on any atom is -0.497 e. The summed E-state index contributed by atoms with van der Waals surface area (Å²) in [5.74, 6) is 0.791. The Morgan fingerprint density at radius 3 is 2.29 bits per heavy atom. The first kappa shape index (κ1) is 16.7. The van der Waals surface area contributed by atoms with Crippen LogP contribution in [-0.4, -0.2) is 31.9 Å². The van der Waals surface area contributed by atoms with Crippen LogP contribution in [0, 0.1) is 6.92 Å². The van der Waals surface area contributed by atoms with E-state index in [4.69, 9.17) is 4.74 Å². The van der Waals surface area contributed by atoms with Crippen molar-refractivity contribution in [1.29, 1.82) is 0 Å². The average Bonchev–Trinajstić information content (AvgIpc) is 3.29. The Labute approximate surface area is 143 Å². The van der Waals surface area contributed by atoms with Crippen LogP contribution in [0.2, 0.25) is 0 Å². The van der Waals surface area contributed by atoms with Crippen LogP contribution in [0.25, 0.3) is 0 Å². The molecule has 1 aliphatic heterocycles. The van der Waals surface area contributed by atoms with E-state index in [0.29, 0.717) is 11.3 Å². The van der Waals surface area contributed by atoms with E-state index in [1.54, 1.807) is 25.3 Å². The van der Waals surface area contributed by atoms with Crippen molar-refractivity contribution in [2.45, 2.75) is 30.3 Å². The van der Waals surface area contributed by atoms with Gasteiger partial charge in [-0.1, -0.05) is 35.9 Å². The highest BCUT2D eigenvalue weighted by molar-refractivity contribution is 7.89. The smallest absolute Gasteiger partial charge is 0.243 e. The summed E-state index contributed by atoms with van der Waals surface area (Å²) < 4.78 is 32.4. The van der Waals surface area contributed by atoms with Gasteiger partial charge in [0.1, 0.15) is 5.75 Å². The molecule has 4 nitrogen and oxygen atoms in total. The van der Waals surface area contributed by atoms with Gasteiger partial charge < -0.3 is 4.74 Å². The quantitative estimate of drug-likeness (QED) is 0.598. The lowest BCUT2D eigenvalue weighted by atomic mass is 10.1. The molecule has 1 fully saturated rings. The molecule has 0 amide bonds. The maximum Gasteiger partial charge on any atom is 0.243 e. The molecule has 0 radical (unpaired) electrons. The molecular weight excluding hydrogens is 322 g/mol. The van der Waals surface area contributed by atoms with Gasteiger partial charge in [-0.15, -0.1) is 6.58 Å². The topological polar surface area (TPSA) is 46.4 Å². The minimum atomic E-state index is -3.49. The number of ether oxygens (including phenoxy) is 1. The summed E-state index contributed by atoms with van der Waals surface area (Å²) in [6.45, 7) is 5.72. The summed E-state index contributed by atoms with van der Waals surface area (Å²) in [4.78, 5) is 0.331.